The summed E-state index contributed by atoms with van der Waals surface area (Å²) in [5, 5.41) is 7.83. The monoisotopic (exact) mass is 533 g/mol. The summed E-state index contributed by atoms with van der Waals surface area (Å²) in [6.45, 7) is 3.55. The standard InChI is InChI=1S/C28H22ClF2N5O2/c1-16-10-25(36-14-20(31)13-33-36)21-4-3-5-26(27(21)34-16)38-15-23-22(11-19(30)12-24(23)29)17(2)35-28(37)18-6-8-32-9-7-18/h3-14,17H,15H2,1-2H3,(H,35,37)/t17-/m0/s1. The Hall–Kier alpha value is -4.37. The Balaban J connectivity index is 1.46. The molecule has 1 amide bonds. The number of fused-ring (bicyclic) bond motifs is 1. The summed E-state index contributed by atoms with van der Waals surface area (Å²) in [5.41, 5.74) is 3.32. The van der Waals surface area contributed by atoms with Gasteiger partial charge in [0.2, 0.25) is 0 Å². The maximum absolute atomic E-state index is 14.4. The number of aromatic nitrogens is 4. The molecule has 3 aromatic heterocycles. The van der Waals surface area contributed by atoms with E-state index in [1.165, 1.54) is 35.4 Å². The van der Waals surface area contributed by atoms with Crippen LogP contribution in [0.3, 0.4) is 0 Å². The normalized spacial score (nSPS) is 11.9. The third-order valence-corrected chi connectivity index (χ3v) is 6.37. The van der Waals surface area contributed by atoms with Gasteiger partial charge in [0.05, 0.1) is 29.1 Å². The van der Waals surface area contributed by atoms with Crippen LogP contribution in [0.1, 0.15) is 40.1 Å². The highest BCUT2D eigenvalue weighted by Crippen LogP contribution is 2.32. The summed E-state index contributed by atoms with van der Waals surface area (Å²) < 4.78 is 35.6. The number of nitrogens with one attached hydrogen (secondary N) is 1. The maximum atomic E-state index is 14.4. The van der Waals surface area contributed by atoms with Crippen LogP contribution in [-0.2, 0) is 6.61 Å². The average molecular weight is 534 g/mol. The van der Waals surface area contributed by atoms with E-state index in [0.717, 1.165) is 6.20 Å². The van der Waals surface area contributed by atoms with Gasteiger partial charge in [-0.25, -0.2) is 18.4 Å². The molecule has 2 aromatic carbocycles. The van der Waals surface area contributed by atoms with Crippen LogP contribution in [0.15, 0.2) is 73.3 Å². The summed E-state index contributed by atoms with van der Waals surface area (Å²) in [6, 6.07) is 12.3. The van der Waals surface area contributed by atoms with Crippen LogP contribution in [0.25, 0.3) is 16.6 Å². The second-order valence-electron chi connectivity index (χ2n) is 8.71. The molecule has 0 saturated carbocycles. The molecule has 38 heavy (non-hydrogen) atoms. The highest BCUT2D eigenvalue weighted by atomic mass is 35.5. The largest absolute Gasteiger partial charge is 0.487 e. The molecule has 0 aliphatic rings. The van der Waals surface area contributed by atoms with Crippen molar-refractivity contribution in [1.29, 1.82) is 0 Å². The number of hydrogen-bond donors (Lipinski definition) is 1. The topological polar surface area (TPSA) is 81.9 Å². The van der Waals surface area contributed by atoms with E-state index in [2.05, 4.69) is 20.4 Å². The van der Waals surface area contributed by atoms with Gasteiger partial charge in [0, 0.05) is 34.6 Å². The molecule has 1 N–H and O–H groups in total. The van der Waals surface area contributed by atoms with Crippen molar-refractivity contribution < 1.29 is 18.3 Å². The van der Waals surface area contributed by atoms with Crippen LogP contribution < -0.4 is 10.1 Å². The van der Waals surface area contributed by atoms with E-state index in [9.17, 15) is 13.6 Å². The Morgan fingerprint density at radius 3 is 2.66 bits per heavy atom. The fraction of sp³-hybridized carbons (Fsp3) is 0.143. The van der Waals surface area contributed by atoms with Crippen molar-refractivity contribution in [2.24, 2.45) is 0 Å². The van der Waals surface area contributed by atoms with Crippen molar-refractivity contribution >= 4 is 28.4 Å². The van der Waals surface area contributed by atoms with E-state index < -0.39 is 17.7 Å². The minimum absolute atomic E-state index is 0.00954. The molecule has 0 fully saturated rings. The zero-order valence-electron chi connectivity index (χ0n) is 20.5. The summed E-state index contributed by atoms with van der Waals surface area (Å²) in [7, 11) is 0. The number of rotatable bonds is 7. The van der Waals surface area contributed by atoms with Crippen molar-refractivity contribution in [2.45, 2.75) is 26.5 Å². The lowest BCUT2D eigenvalue weighted by molar-refractivity contribution is 0.0939. The Kier molecular flexibility index (Phi) is 7.02. The van der Waals surface area contributed by atoms with Gasteiger partial charge in [-0.3, -0.25) is 9.78 Å². The number of hydrogen-bond acceptors (Lipinski definition) is 5. The summed E-state index contributed by atoms with van der Waals surface area (Å²) in [6.07, 6.45) is 5.46. The van der Waals surface area contributed by atoms with Crippen LogP contribution in [0.4, 0.5) is 8.78 Å². The molecule has 5 aromatic rings. The number of aryl methyl sites for hydroxylation is 1. The average Bonchev–Trinajstić information content (AvgIpc) is 3.34. The van der Waals surface area contributed by atoms with Crippen LogP contribution in [0.2, 0.25) is 5.02 Å². The van der Waals surface area contributed by atoms with Gasteiger partial charge >= 0.3 is 0 Å². The molecule has 0 saturated heterocycles. The molecular formula is C28H22ClF2N5O2. The molecular weight excluding hydrogens is 512 g/mol. The first-order valence-corrected chi connectivity index (χ1v) is 12.1. The van der Waals surface area contributed by atoms with Gasteiger partial charge in [-0.2, -0.15) is 5.10 Å². The number of ether oxygens (including phenoxy) is 1. The van der Waals surface area contributed by atoms with E-state index in [-0.39, 0.29) is 17.5 Å². The van der Waals surface area contributed by atoms with Gasteiger partial charge in [0.15, 0.2) is 5.82 Å². The number of halogens is 3. The highest BCUT2D eigenvalue weighted by Gasteiger charge is 2.20. The van der Waals surface area contributed by atoms with Crippen molar-refractivity contribution in [3.63, 3.8) is 0 Å². The minimum atomic E-state index is -0.573. The number of nitrogens with zero attached hydrogens (tertiary/aromatic N) is 4. The predicted octanol–water partition coefficient (Wildman–Crippen LogP) is 6.13. The molecule has 5 rings (SSSR count). The van der Waals surface area contributed by atoms with E-state index in [1.54, 1.807) is 37.3 Å². The Labute approximate surface area is 222 Å². The predicted molar refractivity (Wildman–Crippen MR) is 139 cm³/mol. The van der Waals surface area contributed by atoms with Crippen molar-refractivity contribution in [2.75, 3.05) is 0 Å². The molecule has 0 aliphatic carbocycles. The number of benzene rings is 2. The highest BCUT2D eigenvalue weighted by molar-refractivity contribution is 6.31. The molecule has 0 radical (unpaired) electrons. The van der Waals surface area contributed by atoms with Crippen LogP contribution >= 0.6 is 11.6 Å². The molecule has 192 valence electrons. The van der Waals surface area contributed by atoms with Gasteiger partial charge in [0.1, 0.15) is 23.7 Å². The number of para-hydroxylation sites is 1. The zero-order chi connectivity index (χ0) is 26.8. The van der Waals surface area contributed by atoms with Crippen LogP contribution in [-0.4, -0.2) is 25.7 Å². The van der Waals surface area contributed by atoms with Gasteiger partial charge < -0.3 is 10.1 Å². The molecule has 0 unspecified atom stereocenters. The smallest absolute Gasteiger partial charge is 0.251 e. The molecule has 7 nitrogen and oxygen atoms in total. The third kappa shape index (κ3) is 5.19. The van der Waals surface area contributed by atoms with E-state index in [0.29, 0.717) is 44.7 Å². The molecule has 3 heterocycles. The third-order valence-electron chi connectivity index (χ3n) is 6.03. The lowest BCUT2D eigenvalue weighted by Crippen LogP contribution is -2.27. The molecule has 1 atom stereocenters. The Morgan fingerprint density at radius 1 is 1.13 bits per heavy atom. The molecule has 0 spiro atoms. The van der Waals surface area contributed by atoms with Gasteiger partial charge in [-0.05, 0) is 55.8 Å². The molecule has 10 heteroatoms. The number of carbonyl (C=O) groups is 1. The van der Waals surface area contributed by atoms with E-state index in [4.69, 9.17) is 16.3 Å². The zero-order valence-corrected chi connectivity index (χ0v) is 21.2. The number of pyridine rings is 2. The summed E-state index contributed by atoms with van der Waals surface area (Å²) >= 11 is 6.45. The van der Waals surface area contributed by atoms with Crippen LogP contribution in [0.5, 0.6) is 5.75 Å². The van der Waals surface area contributed by atoms with Crippen molar-refractivity contribution in [3.05, 3.63) is 112 Å². The van der Waals surface area contributed by atoms with E-state index >= 15 is 0 Å². The van der Waals surface area contributed by atoms with Crippen molar-refractivity contribution in [1.82, 2.24) is 25.1 Å². The van der Waals surface area contributed by atoms with Gasteiger partial charge in [-0.1, -0.05) is 23.7 Å². The summed E-state index contributed by atoms with van der Waals surface area (Å²) in [5.74, 6) is -0.857. The first-order valence-electron chi connectivity index (χ1n) is 11.7. The lowest BCUT2D eigenvalue weighted by atomic mass is 10.0. The SMILES string of the molecule is Cc1cc(-n2cc(F)cn2)c2cccc(OCc3c(Cl)cc(F)cc3[C@H](C)NC(=O)c3ccncc3)c2n1. The van der Waals surface area contributed by atoms with Gasteiger partial charge in [-0.15, -0.1) is 0 Å². The quantitative estimate of drug-likeness (QED) is 0.272. The number of amides is 1. The Morgan fingerprint density at radius 2 is 1.92 bits per heavy atom. The molecule has 0 aliphatic heterocycles. The summed E-state index contributed by atoms with van der Waals surface area (Å²) in [4.78, 5) is 21.2. The Bertz CT molecular complexity index is 1640. The molecule has 0 bridgehead atoms. The fourth-order valence-electron chi connectivity index (χ4n) is 4.24. The second kappa shape index (κ2) is 10.5. The lowest BCUT2D eigenvalue weighted by Gasteiger charge is -2.20. The number of carbonyl (C=O) groups excluding carboxylic acids is 1. The first kappa shape index (κ1) is 25.3. The van der Waals surface area contributed by atoms with Gasteiger partial charge in [0.25, 0.3) is 5.91 Å². The minimum Gasteiger partial charge on any atom is -0.487 e. The van der Waals surface area contributed by atoms with Crippen molar-refractivity contribution in [3.8, 4) is 11.4 Å². The first-order chi connectivity index (χ1) is 18.3. The second-order valence-corrected chi connectivity index (χ2v) is 9.12. The maximum Gasteiger partial charge on any atom is 0.251 e. The van der Waals surface area contributed by atoms with Crippen LogP contribution in [0, 0.1) is 18.6 Å². The van der Waals surface area contributed by atoms with E-state index in [1.807, 2.05) is 13.0 Å². The fourth-order valence-corrected chi connectivity index (χ4v) is 4.51.